The number of fused-ring (bicyclic) bond motifs is 2. The second-order valence-electron chi connectivity index (χ2n) is 9.06. The van der Waals surface area contributed by atoms with E-state index < -0.39 is 0 Å². The zero-order valence-electron chi connectivity index (χ0n) is 20.8. The molecule has 4 rings (SSSR count). The minimum absolute atomic E-state index is 0.0403. The number of nitrogens with zero attached hydrogens (tertiary/aromatic N) is 4. The third-order valence-electron chi connectivity index (χ3n) is 6.96. The summed E-state index contributed by atoms with van der Waals surface area (Å²) in [5, 5.41) is 0. The molecular weight excluding hydrogens is 412 g/mol. The van der Waals surface area contributed by atoms with Crippen molar-refractivity contribution in [3.05, 3.63) is 36.4 Å². The van der Waals surface area contributed by atoms with E-state index >= 15 is 0 Å². The Kier molecular flexibility index (Phi) is 7.01. The van der Waals surface area contributed by atoms with E-state index in [-0.39, 0.29) is 6.03 Å². The number of ether oxygens (including phenoxy) is 1. The lowest BCUT2D eigenvalue weighted by Crippen LogP contribution is -2.46. The van der Waals surface area contributed by atoms with Crippen LogP contribution in [0.25, 0.3) is 0 Å². The molecule has 178 valence electrons. The van der Waals surface area contributed by atoms with Crippen molar-refractivity contribution in [2.75, 3.05) is 54.0 Å². The van der Waals surface area contributed by atoms with E-state index in [1.54, 1.807) is 0 Å². The van der Waals surface area contributed by atoms with Crippen molar-refractivity contribution in [3.8, 4) is 11.5 Å². The van der Waals surface area contributed by atoms with Gasteiger partial charge in [0.1, 0.15) is 0 Å². The summed E-state index contributed by atoms with van der Waals surface area (Å²) in [4.78, 5) is 22.3. The maximum atomic E-state index is 13.9. The number of hydrogen-bond acceptors (Lipinski definition) is 4. The Bertz CT molecular complexity index is 923. The van der Waals surface area contributed by atoms with Crippen LogP contribution in [0.1, 0.15) is 47.5 Å². The molecule has 0 aliphatic carbocycles. The summed E-state index contributed by atoms with van der Waals surface area (Å²) < 4.78 is 6.46. The lowest BCUT2D eigenvalue weighted by molar-refractivity contribution is 0.177. The van der Waals surface area contributed by atoms with E-state index in [1.165, 1.54) is 6.42 Å². The number of carbonyl (C=O) groups excluding carboxylic acids is 1. The fourth-order valence-corrected chi connectivity index (χ4v) is 5.07. The summed E-state index contributed by atoms with van der Waals surface area (Å²) in [6.45, 7) is 16.2. The lowest BCUT2D eigenvalue weighted by atomic mass is 10.0. The largest absolute Gasteiger partial charge is 0.453 e. The van der Waals surface area contributed by atoms with Gasteiger partial charge in [-0.2, -0.15) is 0 Å². The molecule has 2 aromatic carbocycles. The first-order valence-electron chi connectivity index (χ1n) is 12.5. The van der Waals surface area contributed by atoms with Crippen molar-refractivity contribution >= 4 is 28.8 Å². The van der Waals surface area contributed by atoms with Crippen LogP contribution in [0.4, 0.5) is 27.5 Å². The van der Waals surface area contributed by atoms with Crippen molar-refractivity contribution in [2.24, 2.45) is 5.92 Å². The van der Waals surface area contributed by atoms with Gasteiger partial charge in [0.05, 0.1) is 11.4 Å². The summed E-state index contributed by atoms with van der Waals surface area (Å²) in [6, 6.07) is 12.5. The van der Waals surface area contributed by atoms with Crippen LogP contribution < -0.4 is 19.4 Å². The standard InChI is InChI=1S/C27H38N4O2/c1-6-28(7-2)21-12-14-23-25(17-21)33-26-18-22(29(8-3)9-4)13-15-24(26)31(23)27(32)30-16-10-11-20(5)19-30/h12-15,17-18,20H,6-11,16,19H2,1-5H3. The first kappa shape index (κ1) is 23.3. The Morgan fingerprint density at radius 1 is 0.909 bits per heavy atom. The molecule has 0 aromatic heterocycles. The number of rotatable bonds is 6. The third kappa shape index (κ3) is 4.48. The van der Waals surface area contributed by atoms with Gasteiger partial charge < -0.3 is 19.4 Å². The molecule has 1 atom stereocenters. The number of hydrogen-bond donors (Lipinski definition) is 0. The van der Waals surface area contributed by atoms with Crippen LogP contribution in [0.15, 0.2) is 36.4 Å². The number of likely N-dealkylation sites (tertiary alicyclic amines) is 1. The van der Waals surface area contributed by atoms with E-state index in [2.05, 4.69) is 68.7 Å². The molecular formula is C27H38N4O2. The monoisotopic (exact) mass is 450 g/mol. The highest BCUT2D eigenvalue weighted by Crippen LogP contribution is 2.49. The molecule has 2 amide bonds. The minimum atomic E-state index is 0.0403. The summed E-state index contributed by atoms with van der Waals surface area (Å²) in [7, 11) is 0. The Balaban J connectivity index is 1.79. The van der Waals surface area contributed by atoms with Crippen LogP contribution in [0, 0.1) is 5.92 Å². The summed E-state index contributed by atoms with van der Waals surface area (Å²) in [5.41, 5.74) is 3.86. The van der Waals surface area contributed by atoms with Gasteiger partial charge in [0, 0.05) is 62.8 Å². The lowest BCUT2D eigenvalue weighted by Gasteiger charge is -2.38. The minimum Gasteiger partial charge on any atom is -0.453 e. The van der Waals surface area contributed by atoms with Crippen LogP contribution >= 0.6 is 0 Å². The van der Waals surface area contributed by atoms with Crippen molar-refractivity contribution in [3.63, 3.8) is 0 Å². The predicted octanol–water partition coefficient (Wildman–Crippen LogP) is 6.47. The van der Waals surface area contributed by atoms with Crippen molar-refractivity contribution in [1.29, 1.82) is 0 Å². The van der Waals surface area contributed by atoms with E-state index in [1.807, 2.05) is 21.9 Å². The van der Waals surface area contributed by atoms with Gasteiger partial charge in [0.25, 0.3) is 0 Å². The molecule has 2 aromatic rings. The SMILES string of the molecule is CCN(CC)c1ccc2c(c1)Oc1cc(N(CC)CC)ccc1N2C(=O)N1CCCC(C)C1. The number of amides is 2. The highest BCUT2D eigenvalue weighted by Gasteiger charge is 2.34. The average Bonchev–Trinajstić information content (AvgIpc) is 2.83. The molecule has 2 aliphatic heterocycles. The zero-order valence-corrected chi connectivity index (χ0v) is 20.8. The highest BCUT2D eigenvalue weighted by molar-refractivity contribution is 6.04. The molecule has 0 spiro atoms. The smallest absolute Gasteiger partial charge is 0.329 e. The Morgan fingerprint density at radius 2 is 1.42 bits per heavy atom. The van der Waals surface area contributed by atoms with Gasteiger partial charge in [-0.1, -0.05) is 6.92 Å². The molecule has 2 aliphatic rings. The molecule has 6 nitrogen and oxygen atoms in total. The molecule has 33 heavy (non-hydrogen) atoms. The second-order valence-corrected chi connectivity index (χ2v) is 9.06. The first-order chi connectivity index (χ1) is 16.0. The predicted molar refractivity (Wildman–Crippen MR) is 138 cm³/mol. The molecule has 1 fully saturated rings. The van der Waals surface area contributed by atoms with Crippen molar-refractivity contribution in [2.45, 2.75) is 47.5 Å². The van der Waals surface area contributed by atoms with E-state index in [9.17, 15) is 4.79 Å². The normalized spacial score (nSPS) is 17.2. The first-order valence-corrected chi connectivity index (χ1v) is 12.5. The van der Waals surface area contributed by atoms with Crippen LogP contribution in [0.2, 0.25) is 0 Å². The summed E-state index contributed by atoms with van der Waals surface area (Å²) in [6.07, 6.45) is 2.24. The Morgan fingerprint density at radius 3 is 1.88 bits per heavy atom. The second kappa shape index (κ2) is 9.94. The topological polar surface area (TPSA) is 39.3 Å². The molecule has 0 saturated carbocycles. The van der Waals surface area contributed by atoms with Crippen LogP contribution in [0.3, 0.4) is 0 Å². The van der Waals surface area contributed by atoms with E-state index in [0.717, 1.165) is 79.9 Å². The zero-order chi connectivity index (χ0) is 23.5. The maximum absolute atomic E-state index is 13.9. The van der Waals surface area contributed by atoms with Gasteiger partial charge in [-0.25, -0.2) is 4.79 Å². The third-order valence-corrected chi connectivity index (χ3v) is 6.96. The van der Waals surface area contributed by atoms with Crippen molar-refractivity contribution < 1.29 is 9.53 Å². The van der Waals surface area contributed by atoms with Gasteiger partial charge in [-0.3, -0.25) is 4.90 Å². The molecule has 0 radical (unpaired) electrons. The van der Waals surface area contributed by atoms with Gasteiger partial charge in [-0.15, -0.1) is 0 Å². The number of benzene rings is 2. The number of carbonyl (C=O) groups is 1. The summed E-state index contributed by atoms with van der Waals surface area (Å²) >= 11 is 0. The fraction of sp³-hybridized carbons (Fsp3) is 0.519. The quantitative estimate of drug-likeness (QED) is 0.505. The molecule has 1 unspecified atom stereocenters. The average molecular weight is 451 g/mol. The number of piperidine rings is 1. The van der Waals surface area contributed by atoms with Crippen LogP contribution in [-0.2, 0) is 0 Å². The molecule has 0 bridgehead atoms. The summed E-state index contributed by atoms with van der Waals surface area (Å²) in [5.74, 6) is 2.00. The molecule has 2 heterocycles. The highest BCUT2D eigenvalue weighted by atomic mass is 16.5. The van der Waals surface area contributed by atoms with E-state index in [0.29, 0.717) is 5.92 Å². The van der Waals surface area contributed by atoms with Crippen molar-refractivity contribution in [1.82, 2.24) is 4.90 Å². The van der Waals surface area contributed by atoms with Crippen LogP contribution in [0.5, 0.6) is 11.5 Å². The Hall–Kier alpha value is -2.89. The Labute approximate surface area is 198 Å². The van der Waals surface area contributed by atoms with Gasteiger partial charge >= 0.3 is 6.03 Å². The van der Waals surface area contributed by atoms with Gasteiger partial charge in [0.2, 0.25) is 0 Å². The molecule has 1 saturated heterocycles. The van der Waals surface area contributed by atoms with E-state index in [4.69, 9.17) is 4.74 Å². The van der Waals surface area contributed by atoms with Gasteiger partial charge in [0.15, 0.2) is 11.5 Å². The number of anilines is 4. The van der Waals surface area contributed by atoms with Crippen LogP contribution in [-0.4, -0.2) is 50.2 Å². The maximum Gasteiger partial charge on any atom is 0.329 e. The molecule has 6 heteroatoms. The van der Waals surface area contributed by atoms with Gasteiger partial charge in [-0.05, 0) is 70.7 Å². The fourth-order valence-electron chi connectivity index (χ4n) is 5.07. The molecule has 0 N–H and O–H groups in total. The number of urea groups is 1.